The third-order valence-corrected chi connectivity index (χ3v) is 4.82. The van der Waals surface area contributed by atoms with Gasteiger partial charge in [0, 0.05) is 45.0 Å². The minimum atomic E-state index is 1.16. The Balaban J connectivity index is 1.76. The third-order valence-electron chi connectivity index (χ3n) is 4.82. The summed E-state index contributed by atoms with van der Waals surface area (Å²) in [7, 11) is 2.22. The Kier molecular flexibility index (Phi) is 7.90. The zero-order valence-electron chi connectivity index (χ0n) is 15.4. The summed E-state index contributed by atoms with van der Waals surface area (Å²) in [6.07, 6.45) is 4.91. The average molecular weight is 318 g/mol. The second-order valence-corrected chi connectivity index (χ2v) is 6.90. The summed E-state index contributed by atoms with van der Waals surface area (Å²) in [5.74, 6) is 0. The number of piperazine rings is 1. The van der Waals surface area contributed by atoms with Gasteiger partial charge in [-0.15, -0.1) is 0 Å². The van der Waals surface area contributed by atoms with Gasteiger partial charge >= 0.3 is 0 Å². The quantitative estimate of drug-likeness (QED) is 0.690. The van der Waals surface area contributed by atoms with Crippen molar-refractivity contribution in [3.05, 3.63) is 29.8 Å². The topological polar surface area (TPSA) is 9.72 Å². The van der Waals surface area contributed by atoms with Crippen LogP contribution in [0.1, 0.15) is 38.7 Å². The molecule has 1 saturated heterocycles. The van der Waals surface area contributed by atoms with E-state index in [-0.39, 0.29) is 0 Å². The molecule has 0 unspecified atom stereocenters. The molecule has 0 saturated carbocycles. The molecule has 1 fully saturated rings. The molecule has 1 aromatic rings. The maximum atomic E-state index is 2.61. The van der Waals surface area contributed by atoms with E-state index in [4.69, 9.17) is 0 Å². The molecule has 0 aromatic heterocycles. The van der Waals surface area contributed by atoms with E-state index >= 15 is 0 Å². The summed E-state index contributed by atoms with van der Waals surface area (Å²) in [4.78, 5) is 7.54. The molecule has 1 aliphatic heterocycles. The molecule has 0 amide bonds. The van der Waals surface area contributed by atoms with Gasteiger partial charge < -0.3 is 14.7 Å². The Hall–Kier alpha value is -1.06. The Labute approximate surface area is 143 Å². The van der Waals surface area contributed by atoms with Crippen LogP contribution in [-0.2, 0) is 6.42 Å². The monoisotopic (exact) mass is 317 g/mol. The van der Waals surface area contributed by atoms with Crippen LogP contribution in [0.25, 0.3) is 0 Å². The van der Waals surface area contributed by atoms with Crippen molar-refractivity contribution in [2.24, 2.45) is 0 Å². The lowest BCUT2D eigenvalue weighted by Gasteiger charge is -2.32. The van der Waals surface area contributed by atoms with Crippen molar-refractivity contribution in [2.45, 2.75) is 39.5 Å². The maximum Gasteiger partial charge on any atom is 0.0366 e. The van der Waals surface area contributed by atoms with Crippen LogP contribution in [0.4, 0.5) is 5.69 Å². The number of hydrogen-bond acceptors (Lipinski definition) is 3. The van der Waals surface area contributed by atoms with Gasteiger partial charge in [0.1, 0.15) is 0 Å². The van der Waals surface area contributed by atoms with Gasteiger partial charge in [-0.2, -0.15) is 0 Å². The molecule has 2 rings (SSSR count). The van der Waals surface area contributed by atoms with E-state index in [0.29, 0.717) is 0 Å². The standard InChI is InChI=1S/C20H35N3/c1-4-12-23(13-5-2)20-10-8-19(9-11-20)7-6-14-22-17-15-21(3)16-18-22/h8-11H,4-7,12-18H2,1-3H3. The fourth-order valence-corrected chi connectivity index (χ4v) is 3.36. The van der Waals surface area contributed by atoms with Crippen molar-refractivity contribution >= 4 is 5.69 Å². The summed E-state index contributed by atoms with van der Waals surface area (Å²) in [6.45, 7) is 13.0. The van der Waals surface area contributed by atoms with E-state index in [1.165, 1.54) is 69.7 Å². The molecule has 1 aromatic carbocycles. The lowest BCUT2D eigenvalue weighted by Crippen LogP contribution is -2.44. The van der Waals surface area contributed by atoms with Crippen molar-refractivity contribution in [2.75, 3.05) is 57.8 Å². The average Bonchev–Trinajstić information content (AvgIpc) is 2.57. The van der Waals surface area contributed by atoms with Crippen molar-refractivity contribution in [1.82, 2.24) is 9.80 Å². The van der Waals surface area contributed by atoms with Crippen molar-refractivity contribution in [3.8, 4) is 0 Å². The smallest absolute Gasteiger partial charge is 0.0366 e. The fourth-order valence-electron chi connectivity index (χ4n) is 3.36. The fraction of sp³-hybridized carbons (Fsp3) is 0.700. The summed E-state index contributed by atoms with van der Waals surface area (Å²) < 4.78 is 0. The van der Waals surface area contributed by atoms with Gasteiger partial charge in [0.05, 0.1) is 0 Å². The molecular weight excluding hydrogens is 282 g/mol. The summed E-state index contributed by atoms with van der Waals surface area (Å²) in [5.41, 5.74) is 2.87. The van der Waals surface area contributed by atoms with Gasteiger partial charge in [-0.1, -0.05) is 26.0 Å². The predicted octanol–water partition coefficient (Wildman–Crippen LogP) is 3.49. The molecule has 0 atom stereocenters. The summed E-state index contributed by atoms with van der Waals surface area (Å²) >= 11 is 0. The first-order chi connectivity index (χ1) is 11.2. The molecule has 1 heterocycles. The Morgan fingerprint density at radius 1 is 0.913 bits per heavy atom. The Morgan fingerprint density at radius 3 is 2.09 bits per heavy atom. The lowest BCUT2D eigenvalue weighted by molar-refractivity contribution is 0.153. The van der Waals surface area contributed by atoms with E-state index in [9.17, 15) is 0 Å². The molecule has 3 heteroatoms. The van der Waals surface area contributed by atoms with Crippen LogP contribution in [0.2, 0.25) is 0 Å². The van der Waals surface area contributed by atoms with Crippen molar-refractivity contribution in [1.29, 1.82) is 0 Å². The maximum absolute atomic E-state index is 2.61. The van der Waals surface area contributed by atoms with E-state index in [0.717, 1.165) is 13.1 Å². The van der Waals surface area contributed by atoms with E-state index in [2.05, 4.69) is 59.9 Å². The highest BCUT2D eigenvalue weighted by atomic mass is 15.2. The van der Waals surface area contributed by atoms with Crippen LogP contribution in [0.3, 0.4) is 0 Å². The Morgan fingerprint density at radius 2 is 1.52 bits per heavy atom. The van der Waals surface area contributed by atoms with E-state index < -0.39 is 0 Å². The number of rotatable bonds is 9. The normalized spacial score (nSPS) is 16.7. The molecule has 0 bridgehead atoms. The second-order valence-electron chi connectivity index (χ2n) is 6.90. The third kappa shape index (κ3) is 6.15. The van der Waals surface area contributed by atoms with Gasteiger partial charge in [0.2, 0.25) is 0 Å². The van der Waals surface area contributed by atoms with Gasteiger partial charge in [-0.25, -0.2) is 0 Å². The number of anilines is 1. The highest BCUT2D eigenvalue weighted by molar-refractivity contribution is 5.47. The molecule has 23 heavy (non-hydrogen) atoms. The van der Waals surface area contributed by atoms with E-state index in [1.54, 1.807) is 0 Å². The molecule has 0 radical (unpaired) electrons. The van der Waals surface area contributed by atoms with E-state index in [1.807, 2.05) is 0 Å². The summed E-state index contributed by atoms with van der Waals surface area (Å²) in [5, 5.41) is 0. The predicted molar refractivity (Wildman–Crippen MR) is 101 cm³/mol. The van der Waals surface area contributed by atoms with Crippen LogP contribution in [0, 0.1) is 0 Å². The molecule has 1 aliphatic rings. The van der Waals surface area contributed by atoms with Crippen LogP contribution < -0.4 is 4.90 Å². The van der Waals surface area contributed by atoms with Crippen molar-refractivity contribution in [3.63, 3.8) is 0 Å². The van der Waals surface area contributed by atoms with Crippen LogP contribution in [-0.4, -0.2) is 62.7 Å². The van der Waals surface area contributed by atoms with Crippen LogP contribution in [0.5, 0.6) is 0 Å². The van der Waals surface area contributed by atoms with Gasteiger partial charge in [0.15, 0.2) is 0 Å². The first-order valence-electron chi connectivity index (χ1n) is 9.47. The van der Waals surface area contributed by atoms with Gasteiger partial charge in [-0.3, -0.25) is 0 Å². The van der Waals surface area contributed by atoms with Crippen LogP contribution in [0.15, 0.2) is 24.3 Å². The molecule has 0 N–H and O–H groups in total. The zero-order valence-corrected chi connectivity index (χ0v) is 15.4. The number of hydrogen-bond donors (Lipinski definition) is 0. The Bertz CT molecular complexity index is 415. The number of nitrogens with zero attached hydrogens (tertiary/aromatic N) is 3. The number of likely N-dealkylation sites (N-methyl/N-ethyl adjacent to an activating group) is 1. The number of aryl methyl sites for hydroxylation is 1. The minimum absolute atomic E-state index is 1.16. The van der Waals surface area contributed by atoms with Gasteiger partial charge in [-0.05, 0) is 57.0 Å². The SMILES string of the molecule is CCCN(CCC)c1ccc(CCCN2CCN(C)CC2)cc1. The lowest BCUT2D eigenvalue weighted by atomic mass is 10.1. The first kappa shape index (κ1) is 18.3. The summed E-state index contributed by atoms with van der Waals surface area (Å²) in [6, 6.07) is 9.29. The first-order valence-corrected chi connectivity index (χ1v) is 9.47. The molecular formula is C20H35N3. The van der Waals surface area contributed by atoms with Gasteiger partial charge in [0.25, 0.3) is 0 Å². The van der Waals surface area contributed by atoms with Crippen molar-refractivity contribution < 1.29 is 0 Å². The second kappa shape index (κ2) is 9.94. The molecule has 3 nitrogen and oxygen atoms in total. The highest BCUT2D eigenvalue weighted by Crippen LogP contribution is 2.17. The largest absolute Gasteiger partial charge is 0.372 e. The minimum Gasteiger partial charge on any atom is -0.372 e. The number of benzene rings is 1. The highest BCUT2D eigenvalue weighted by Gasteiger charge is 2.12. The van der Waals surface area contributed by atoms with Crippen LogP contribution >= 0.6 is 0 Å². The molecule has 130 valence electrons. The zero-order chi connectivity index (χ0) is 16.5. The molecule has 0 aliphatic carbocycles. The molecule has 0 spiro atoms.